The first-order valence-electron chi connectivity index (χ1n) is 8.22. The highest BCUT2D eigenvalue weighted by molar-refractivity contribution is 5.76. The molecular weight excluding hydrogens is 324 g/mol. The summed E-state index contributed by atoms with van der Waals surface area (Å²) in [6.07, 6.45) is 6.44. The van der Waals surface area contributed by atoms with Crippen LogP contribution in [0.4, 0.5) is 0 Å². The summed E-state index contributed by atoms with van der Waals surface area (Å²) in [5.41, 5.74) is -1.29. The minimum Gasteiger partial charge on any atom is -0.462 e. The molecule has 0 radical (unpaired) electrons. The van der Waals surface area contributed by atoms with Crippen molar-refractivity contribution in [1.29, 1.82) is 0 Å². The third-order valence-electron chi connectivity index (χ3n) is 3.31. The molecule has 1 aliphatic heterocycles. The maximum atomic E-state index is 12.2. The average molecular weight is 352 g/mol. The van der Waals surface area contributed by atoms with Gasteiger partial charge in [-0.2, -0.15) is 0 Å². The van der Waals surface area contributed by atoms with Gasteiger partial charge in [-0.25, -0.2) is 0 Å². The Morgan fingerprint density at radius 2 is 1.68 bits per heavy atom. The first-order valence-corrected chi connectivity index (χ1v) is 8.22. The molecule has 6 heteroatoms. The van der Waals surface area contributed by atoms with E-state index in [1.165, 1.54) is 0 Å². The van der Waals surface area contributed by atoms with Crippen molar-refractivity contribution in [3.05, 3.63) is 12.2 Å². The first kappa shape index (κ1) is 21.2. The molecule has 1 heterocycles. The molecule has 1 aliphatic rings. The fourth-order valence-corrected chi connectivity index (χ4v) is 1.77. The van der Waals surface area contributed by atoms with Crippen molar-refractivity contribution in [2.24, 2.45) is 10.8 Å². The van der Waals surface area contributed by atoms with Crippen LogP contribution in [0.25, 0.3) is 0 Å². The quantitative estimate of drug-likeness (QED) is 0.430. The lowest BCUT2D eigenvalue weighted by molar-refractivity contribution is -0.200. The second-order valence-electron chi connectivity index (χ2n) is 7.91. The van der Waals surface area contributed by atoms with E-state index in [4.69, 9.17) is 25.4 Å². The van der Waals surface area contributed by atoms with Crippen molar-refractivity contribution < 1.29 is 28.5 Å². The Bertz CT molecular complexity index is 544. The molecule has 0 N–H and O–H groups in total. The number of hydrogen-bond donors (Lipinski definition) is 0. The van der Waals surface area contributed by atoms with Gasteiger partial charge >= 0.3 is 11.9 Å². The largest absolute Gasteiger partial charge is 0.462 e. The fourth-order valence-electron chi connectivity index (χ4n) is 1.77. The van der Waals surface area contributed by atoms with Gasteiger partial charge in [0.15, 0.2) is 6.29 Å². The van der Waals surface area contributed by atoms with E-state index in [1.807, 2.05) is 0 Å². The van der Waals surface area contributed by atoms with Crippen LogP contribution < -0.4 is 0 Å². The minimum absolute atomic E-state index is 0.0571. The molecule has 3 atom stereocenters. The van der Waals surface area contributed by atoms with Crippen LogP contribution in [0.5, 0.6) is 0 Å². The molecule has 0 bridgehead atoms. The van der Waals surface area contributed by atoms with Gasteiger partial charge in [0.2, 0.25) is 0 Å². The van der Waals surface area contributed by atoms with E-state index in [2.05, 4.69) is 5.92 Å². The predicted molar refractivity (Wildman–Crippen MR) is 92.3 cm³/mol. The molecule has 0 saturated carbocycles. The normalized spacial score (nSPS) is 23.6. The summed E-state index contributed by atoms with van der Waals surface area (Å²) >= 11 is 0. The maximum absolute atomic E-state index is 12.2. The van der Waals surface area contributed by atoms with Gasteiger partial charge in [-0.05, 0) is 53.7 Å². The van der Waals surface area contributed by atoms with Crippen LogP contribution in [0.15, 0.2) is 12.2 Å². The summed E-state index contributed by atoms with van der Waals surface area (Å²) < 4.78 is 21.9. The van der Waals surface area contributed by atoms with Crippen molar-refractivity contribution in [2.45, 2.75) is 60.0 Å². The SMILES string of the molecule is C#CCO[C@@H]1C=C[C@H](OC(=O)C(C)(C)C)[C@@H](COC(=O)C(C)(C)C)O1. The van der Waals surface area contributed by atoms with Gasteiger partial charge in [0.05, 0.1) is 10.8 Å². The van der Waals surface area contributed by atoms with Crippen molar-refractivity contribution in [3.8, 4) is 12.3 Å². The van der Waals surface area contributed by atoms with Gasteiger partial charge in [-0.15, -0.1) is 6.42 Å². The summed E-state index contributed by atoms with van der Waals surface area (Å²) in [6.45, 7) is 10.6. The molecule has 0 spiro atoms. The number of rotatable bonds is 5. The van der Waals surface area contributed by atoms with Crippen LogP contribution in [-0.2, 0) is 28.5 Å². The topological polar surface area (TPSA) is 71.1 Å². The zero-order chi connectivity index (χ0) is 19.3. The smallest absolute Gasteiger partial charge is 0.311 e. The van der Waals surface area contributed by atoms with E-state index in [0.717, 1.165) is 0 Å². The van der Waals surface area contributed by atoms with E-state index in [0.29, 0.717) is 0 Å². The number of esters is 2. The molecule has 0 aromatic rings. The van der Waals surface area contributed by atoms with Crippen molar-refractivity contribution in [3.63, 3.8) is 0 Å². The standard InChI is InChI=1S/C19H28O6/c1-8-11-22-15-10-9-13(25-17(21)19(5,6)7)14(24-15)12-23-16(20)18(2,3)4/h1,9-10,13-15H,11-12H2,2-7H3/t13-,14+,15-/m0/s1. The zero-order valence-electron chi connectivity index (χ0n) is 15.8. The van der Waals surface area contributed by atoms with Gasteiger partial charge in [-0.3, -0.25) is 9.59 Å². The van der Waals surface area contributed by atoms with E-state index < -0.39 is 29.3 Å². The lowest BCUT2D eigenvalue weighted by atomic mass is 9.97. The molecule has 140 valence electrons. The molecule has 0 amide bonds. The molecule has 0 aromatic heterocycles. The minimum atomic E-state index is -0.682. The Kier molecular flexibility index (Phi) is 7.21. The third-order valence-corrected chi connectivity index (χ3v) is 3.31. The number of ether oxygens (including phenoxy) is 4. The summed E-state index contributed by atoms with van der Waals surface area (Å²) in [4.78, 5) is 24.1. The monoisotopic (exact) mass is 352 g/mol. The highest BCUT2D eigenvalue weighted by atomic mass is 16.7. The summed E-state index contributed by atoms with van der Waals surface area (Å²) in [7, 11) is 0. The Hall–Kier alpha value is -1.84. The van der Waals surface area contributed by atoms with E-state index in [9.17, 15) is 9.59 Å². The van der Waals surface area contributed by atoms with Gasteiger partial charge in [0.25, 0.3) is 0 Å². The Balaban J connectivity index is 2.81. The Morgan fingerprint density at radius 1 is 1.08 bits per heavy atom. The van der Waals surface area contributed by atoms with Crippen LogP contribution in [0.3, 0.4) is 0 Å². The second-order valence-corrected chi connectivity index (χ2v) is 7.91. The molecule has 6 nitrogen and oxygen atoms in total. The van der Waals surface area contributed by atoms with Crippen LogP contribution in [0, 0.1) is 23.2 Å². The van der Waals surface area contributed by atoms with E-state index in [1.54, 1.807) is 53.7 Å². The Labute approximate surface area is 149 Å². The molecule has 0 saturated heterocycles. The molecular formula is C19H28O6. The molecule has 0 aromatic carbocycles. The number of hydrogen-bond acceptors (Lipinski definition) is 6. The predicted octanol–water partition coefficient (Wildman–Crippen LogP) is 2.46. The maximum Gasteiger partial charge on any atom is 0.311 e. The van der Waals surface area contributed by atoms with Crippen LogP contribution in [0.2, 0.25) is 0 Å². The lowest BCUT2D eigenvalue weighted by Gasteiger charge is -2.33. The molecule has 25 heavy (non-hydrogen) atoms. The van der Waals surface area contributed by atoms with E-state index in [-0.39, 0.29) is 25.2 Å². The molecule has 0 unspecified atom stereocenters. The Morgan fingerprint density at radius 3 is 2.20 bits per heavy atom. The second kappa shape index (κ2) is 8.50. The van der Waals surface area contributed by atoms with Crippen molar-refractivity contribution >= 4 is 11.9 Å². The van der Waals surface area contributed by atoms with Crippen molar-refractivity contribution in [1.82, 2.24) is 0 Å². The molecule has 1 rings (SSSR count). The van der Waals surface area contributed by atoms with Crippen LogP contribution in [0.1, 0.15) is 41.5 Å². The third kappa shape index (κ3) is 6.89. The van der Waals surface area contributed by atoms with E-state index >= 15 is 0 Å². The highest BCUT2D eigenvalue weighted by Crippen LogP contribution is 2.23. The van der Waals surface area contributed by atoms with Gasteiger partial charge in [0, 0.05) is 0 Å². The summed E-state index contributed by atoms with van der Waals surface area (Å²) in [5, 5.41) is 0. The fraction of sp³-hybridized carbons (Fsp3) is 0.684. The number of terminal acetylenes is 1. The average Bonchev–Trinajstić information content (AvgIpc) is 2.50. The number of carbonyl (C=O) groups excluding carboxylic acids is 2. The van der Waals surface area contributed by atoms with Crippen LogP contribution in [-0.4, -0.2) is 43.7 Å². The van der Waals surface area contributed by atoms with Gasteiger partial charge < -0.3 is 18.9 Å². The zero-order valence-corrected chi connectivity index (χ0v) is 15.8. The highest BCUT2D eigenvalue weighted by Gasteiger charge is 2.35. The molecule has 0 fully saturated rings. The van der Waals surface area contributed by atoms with Crippen molar-refractivity contribution in [2.75, 3.05) is 13.2 Å². The summed E-state index contributed by atoms with van der Waals surface area (Å²) in [6, 6.07) is 0. The lowest BCUT2D eigenvalue weighted by Crippen LogP contribution is -2.44. The van der Waals surface area contributed by atoms with Crippen LogP contribution >= 0.6 is 0 Å². The first-order chi connectivity index (χ1) is 11.4. The summed E-state index contributed by atoms with van der Waals surface area (Å²) in [5.74, 6) is 1.61. The van der Waals surface area contributed by atoms with Gasteiger partial charge in [0.1, 0.15) is 25.4 Å². The molecule has 0 aliphatic carbocycles. The number of carbonyl (C=O) groups is 2. The van der Waals surface area contributed by atoms with Gasteiger partial charge in [-0.1, -0.05) is 5.92 Å².